The molecule has 0 unspecified atom stereocenters. The summed E-state index contributed by atoms with van der Waals surface area (Å²) in [6.45, 7) is 2.80. The van der Waals surface area contributed by atoms with Gasteiger partial charge in [0.2, 0.25) is 5.91 Å². The number of amides is 2. The molecule has 0 bridgehead atoms. The predicted molar refractivity (Wildman–Crippen MR) is 106 cm³/mol. The van der Waals surface area contributed by atoms with Crippen LogP contribution in [0.2, 0.25) is 0 Å². The van der Waals surface area contributed by atoms with Gasteiger partial charge in [0.15, 0.2) is 0 Å². The van der Waals surface area contributed by atoms with Crippen molar-refractivity contribution in [2.75, 3.05) is 35.8 Å². The molecule has 5 heteroatoms. The smallest absolute Gasteiger partial charge is 0.255 e. The van der Waals surface area contributed by atoms with Crippen LogP contribution in [-0.2, 0) is 11.2 Å². The maximum absolute atomic E-state index is 12.6. The zero-order chi connectivity index (χ0) is 18.7. The van der Waals surface area contributed by atoms with Gasteiger partial charge in [0.25, 0.3) is 5.91 Å². The molecule has 0 radical (unpaired) electrons. The predicted octanol–water partition coefficient (Wildman–Crippen LogP) is 3.69. The number of rotatable bonds is 5. The first-order valence-corrected chi connectivity index (χ1v) is 9.01. The molecule has 0 saturated carbocycles. The quantitative estimate of drug-likeness (QED) is 0.894. The number of benzene rings is 2. The zero-order valence-electron chi connectivity index (χ0n) is 15.6. The lowest BCUT2D eigenvalue weighted by atomic mass is 10.00. The number of carbonyl (C=O) groups excluding carboxylic acids is 2. The molecule has 0 aromatic heterocycles. The Hall–Kier alpha value is -2.82. The molecule has 136 valence electrons. The molecule has 5 nitrogen and oxygen atoms in total. The topological polar surface area (TPSA) is 52.7 Å². The lowest BCUT2D eigenvalue weighted by Crippen LogP contribution is -2.35. The summed E-state index contributed by atoms with van der Waals surface area (Å²) in [5, 5.41) is 2.97. The van der Waals surface area contributed by atoms with Gasteiger partial charge in [-0.1, -0.05) is 13.0 Å². The summed E-state index contributed by atoms with van der Waals surface area (Å²) in [6.07, 6.45) is 2.16. The van der Waals surface area contributed by atoms with Crippen LogP contribution in [0.5, 0.6) is 0 Å². The third-order valence-corrected chi connectivity index (χ3v) is 4.61. The fourth-order valence-electron chi connectivity index (χ4n) is 3.24. The maximum atomic E-state index is 12.6. The zero-order valence-corrected chi connectivity index (χ0v) is 15.6. The minimum atomic E-state index is -0.133. The second kappa shape index (κ2) is 7.60. The Kier molecular flexibility index (Phi) is 5.26. The molecular formula is C21H25N3O2. The van der Waals surface area contributed by atoms with E-state index in [0.29, 0.717) is 18.4 Å². The summed E-state index contributed by atoms with van der Waals surface area (Å²) >= 11 is 0. The Labute approximate surface area is 154 Å². The van der Waals surface area contributed by atoms with Gasteiger partial charge in [0.1, 0.15) is 0 Å². The fraction of sp³-hybridized carbons (Fsp3) is 0.333. The minimum Gasteiger partial charge on any atom is -0.378 e. The Balaban J connectivity index is 1.80. The summed E-state index contributed by atoms with van der Waals surface area (Å²) in [4.78, 5) is 28.5. The van der Waals surface area contributed by atoms with Crippen molar-refractivity contribution >= 4 is 28.9 Å². The van der Waals surface area contributed by atoms with Crippen molar-refractivity contribution < 1.29 is 9.59 Å². The molecule has 1 N–H and O–H groups in total. The van der Waals surface area contributed by atoms with Gasteiger partial charge in [-0.05, 0) is 54.8 Å². The SMILES string of the molecule is CCCN1C(=O)CCc2cc(NC(=O)c3cccc(N(C)C)c3)ccc21. The highest BCUT2D eigenvalue weighted by Crippen LogP contribution is 2.30. The van der Waals surface area contributed by atoms with Gasteiger partial charge >= 0.3 is 0 Å². The van der Waals surface area contributed by atoms with E-state index in [-0.39, 0.29) is 11.8 Å². The minimum absolute atomic E-state index is 0.133. The number of nitrogens with one attached hydrogen (secondary N) is 1. The van der Waals surface area contributed by atoms with E-state index < -0.39 is 0 Å². The lowest BCUT2D eigenvalue weighted by molar-refractivity contribution is -0.118. The summed E-state index contributed by atoms with van der Waals surface area (Å²) < 4.78 is 0. The summed E-state index contributed by atoms with van der Waals surface area (Å²) in [5.41, 5.74) is 4.44. The fourth-order valence-corrected chi connectivity index (χ4v) is 3.24. The van der Waals surface area contributed by atoms with Gasteiger partial charge in [-0.15, -0.1) is 0 Å². The van der Waals surface area contributed by atoms with E-state index >= 15 is 0 Å². The molecule has 1 aliphatic rings. The largest absolute Gasteiger partial charge is 0.378 e. The number of hydrogen-bond acceptors (Lipinski definition) is 3. The van der Waals surface area contributed by atoms with Gasteiger partial charge in [-0.2, -0.15) is 0 Å². The second-order valence-corrected chi connectivity index (χ2v) is 6.79. The molecule has 2 amide bonds. The third kappa shape index (κ3) is 3.72. The highest BCUT2D eigenvalue weighted by molar-refractivity contribution is 6.05. The number of anilines is 3. The first-order chi connectivity index (χ1) is 12.5. The average Bonchev–Trinajstić information content (AvgIpc) is 2.64. The third-order valence-electron chi connectivity index (χ3n) is 4.61. The summed E-state index contributed by atoms with van der Waals surface area (Å²) in [6, 6.07) is 13.3. The summed E-state index contributed by atoms with van der Waals surface area (Å²) in [5.74, 6) is 0.0441. The van der Waals surface area contributed by atoms with Gasteiger partial charge < -0.3 is 15.1 Å². The molecule has 26 heavy (non-hydrogen) atoms. The maximum Gasteiger partial charge on any atom is 0.255 e. The molecule has 0 spiro atoms. The number of hydrogen-bond donors (Lipinski definition) is 1. The molecule has 0 saturated heterocycles. The van der Waals surface area contributed by atoms with E-state index in [1.807, 2.05) is 66.4 Å². The van der Waals surface area contributed by atoms with E-state index in [9.17, 15) is 9.59 Å². The van der Waals surface area contributed by atoms with E-state index in [4.69, 9.17) is 0 Å². The Morgan fingerprint density at radius 1 is 1.15 bits per heavy atom. The Bertz CT molecular complexity index is 830. The van der Waals surface area contributed by atoms with E-state index in [0.717, 1.165) is 35.6 Å². The summed E-state index contributed by atoms with van der Waals surface area (Å²) in [7, 11) is 3.90. The molecule has 2 aromatic carbocycles. The van der Waals surface area contributed by atoms with E-state index in [1.54, 1.807) is 0 Å². The highest BCUT2D eigenvalue weighted by Gasteiger charge is 2.23. The van der Waals surface area contributed by atoms with Gasteiger partial charge in [0, 0.05) is 49.7 Å². The van der Waals surface area contributed by atoms with Crippen molar-refractivity contribution in [2.24, 2.45) is 0 Å². The number of fused-ring (bicyclic) bond motifs is 1. The number of carbonyl (C=O) groups is 2. The van der Waals surface area contributed by atoms with Crippen molar-refractivity contribution in [3.05, 3.63) is 53.6 Å². The molecule has 3 rings (SSSR count). The van der Waals surface area contributed by atoms with Crippen molar-refractivity contribution in [2.45, 2.75) is 26.2 Å². The molecule has 0 fully saturated rings. The molecule has 1 aliphatic heterocycles. The van der Waals surface area contributed by atoms with Crippen LogP contribution < -0.4 is 15.1 Å². The average molecular weight is 351 g/mol. The Morgan fingerprint density at radius 3 is 2.69 bits per heavy atom. The van der Waals surface area contributed by atoms with Crippen LogP contribution in [0, 0.1) is 0 Å². The highest BCUT2D eigenvalue weighted by atomic mass is 16.2. The first kappa shape index (κ1) is 18.0. The van der Waals surface area contributed by atoms with Crippen LogP contribution in [0.25, 0.3) is 0 Å². The standard InChI is InChI=1S/C21H25N3O2/c1-4-12-24-19-10-9-17(13-15(19)8-11-20(24)25)22-21(26)16-6-5-7-18(14-16)23(2)3/h5-7,9-10,13-14H,4,8,11-12H2,1-3H3,(H,22,26). The molecule has 1 heterocycles. The van der Waals surface area contributed by atoms with Gasteiger partial charge in [0.05, 0.1) is 0 Å². The van der Waals surface area contributed by atoms with Crippen molar-refractivity contribution in [1.82, 2.24) is 0 Å². The van der Waals surface area contributed by atoms with E-state index in [2.05, 4.69) is 12.2 Å². The van der Waals surface area contributed by atoms with Crippen LogP contribution in [-0.4, -0.2) is 32.5 Å². The monoisotopic (exact) mass is 351 g/mol. The van der Waals surface area contributed by atoms with E-state index in [1.165, 1.54) is 0 Å². The molecular weight excluding hydrogens is 326 g/mol. The molecule has 0 atom stereocenters. The van der Waals surface area contributed by atoms with Crippen molar-refractivity contribution in [1.29, 1.82) is 0 Å². The number of nitrogens with zero attached hydrogens (tertiary/aromatic N) is 2. The van der Waals surface area contributed by atoms with Crippen LogP contribution in [0.15, 0.2) is 42.5 Å². The Morgan fingerprint density at radius 2 is 1.96 bits per heavy atom. The van der Waals surface area contributed by atoms with Crippen LogP contribution in [0.3, 0.4) is 0 Å². The van der Waals surface area contributed by atoms with Crippen LogP contribution >= 0.6 is 0 Å². The normalized spacial score (nSPS) is 13.3. The lowest BCUT2D eigenvalue weighted by Gasteiger charge is -2.29. The van der Waals surface area contributed by atoms with Crippen molar-refractivity contribution in [3.8, 4) is 0 Å². The van der Waals surface area contributed by atoms with Gasteiger partial charge in [-0.3, -0.25) is 9.59 Å². The number of aryl methyl sites for hydroxylation is 1. The second-order valence-electron chi connectivity index (χ2n) is 6.79. The first-order valence-electron chi connectivity index (χ1n) is 9.01. The van der Waals surface area contributed by atoms with Crippen molar-refractivity contribution in [3.63, 3.8) is 0 Å². The molecule has 2 aromatic rings. The van der Waals surface area contributed by atoms with Gasteiger partial charge in [-0.25, -0.2) is 0 Å². The van der Waals surface area contributed by atoms with Crippen LogP contribution in [0.4, 0.5) is 17.1 Å². The van der Waals surface area contributed by atoms with Crippen LogP contribution in [0.1, 0.15) is 35.7 Å². The molecule has 0 aliphatic carbocycles.